The van der Waals surface area contributed by atoms with E-state index in [1.807, 2.05) is 0 Å². The Morgan fingerprint density at radius 1 is 1.07 bits per heavy atom. The van der Waals surface area contributed by atoms with Crippen molar-refractivity contribution in [3.05, 3.63) is 56.2 Å². The summed E-state index contributed by atoms with van der Waals surface area (Å²) in [5, 5.41) is 0. The zero-order chi connectivity index (χ0) is 20.1. The summed E-state index contributed by atoms with van der Waals surface area (Å²) in [6.07, 6.45) is 0.666. The van der Waals surface area contributed by atoms with Crippen LogP contribution in [0.4, 0.5) is 5.82 Å². The molecule has 1 heterocycles. The molecular formula is C17H17N3O7. The number of carbonyl (C=O) groups is 3. The number of ketones is 1. The molecule has 1 aromatic carbocycles. The van der Waals surface area contributed by atoms with Crippen molar-refractivity contribution in [1.82, 2.24) is 9.13 Å². The smallest absolute Gasteiger partial charge is 0.344 e. The van der Waals surface area contributed by atoms with Gasteiger partial charge in [0.1, 0.15) is 23.4 Å². The topological polar surface area (TPSA) is 140 Å². The summed E-state index contributed by atoms with van der Waals surface area (Å²) in [4.78, 5) is 58.3. The maximum atomic E-state index is 12.2. The maximum Gasteiger partial charge on any atom is 0.344 e. The number of hydrogen-bond acceptors (Lipinski definition) is 8. The van der Waals surface area contributed by atoms with E-state index in [4.69, 9.17) is 15.2 Å². The molecule has 0 atom stereocenters. The monoisotopic (exact) mass is 375 g/mol. The summed E-state index contributed by atoms with van der Waals surface area (Å²) in [5.74, 6) is -1.66. The van der Waals surface area contributed by atoms with Crippen LogP contribution in [0.5, 0.6) is 5.75 Å². The average molecular weight is 375 g/mol. The molecule has 0 aliphatic rings. The standard InChI is InChI=1S/C17H17N3O7/c1-19-15(18)14(16(24)20(2)17(19)25)12(22)8-27-13(23)9-26-11-5-3-10(7-21)4-6-11/h3-7H,8-9,18H2,1-2H3. The fourth-order valence-corrected chi connectivity index (χ4v) is 2.17. The second-order valence-corrected chi connectivity index (χ2v) is 5.53. The molecule has 2 rings (SSSR count). The predicted octanol–water partition coefficient (Wildman–Crippen LogP) is -0.716. The number of aldehydes is 1. The molecule has 10 nitrogen and oxygen atoms in total. The summed E-state index contributed by atoms with van der Waals surface area (Å²) in [7, 11) is 2.51. The van der Waals surface area contributed by atoms with E-state index < -0.39 is 41.8 Å². The molecule has 0 aliphatic carbocycles. The summed E-state index contributed by atoms with van der Waals surface area (Å²) in [5.41, 5.74) is 4.12. The molecule has 0 saturated heterocycles. The Labute approximate surface area is 152 Å². The Hall–Kier alpha value is -3.69. The van der Waals surface area contributed by atoms with Crippen molar-refractivity contribution in [2.45, 2.75) is 0 Å². The Balaban J connectivity index is 1.99. The van der Waals surface area contributed by atoms with Crippen LogP contribution >= 0.6 is 0 Å². The molecule has 10 heteroatoms. The number of anilines is 1. The lowest BCUT2D eigenvalue weighted by Gasteiger charge is -2.11. The second kappa shape index (κ2) is 8.13. The third-order valence-electron chi connectivity index (χ3n) is 3.73. The van der Waals surface area contributed by atoms with Crippen molar-refractivity contribution in [3.63, 3.8) is 0 Å². The van der Waals surface area contributed by atoms with E-state index >= 15 is 0 Å². The molecule has 27 heavy (non-hydrogen) atoms. The van der Waals surface area contributed by atoms with Crippen LogP contribution in [0.1, 0.15) is 20.7 Å². The number of nitrogen functional groups attached to an aromatic ring is 1. The van der Waals surface area contributed by atoms with Gasteiger partial charge in [-0.15, -0.1) is 0 Å². The van der Waals surface area contributed by atoms with Gasteiger partial charge < -0.3 is 15.2 Å². The highest BCUT2D eigenvalue weighted by molar-refractivity contribution is 6.01. The molecule has 0 amide bonds. The van der Waals surface area contributed by atoms with Gasteiger partial charge in [0, 0.05) is 19.7 Å². The van der Waals surface area contributed by atoms with E-state index in [-0.39, 0.29) is 5.82 Å². The van der Waals surface area contributed by atoms with Gasteiger partial charge in [0.2, 0.25) is 5.78 Å². The van der Waals surface area contributed by atoms with Crippen molar-refractivity contribution in [2.75, 3.05) is 18.9 Å². The molecule has 0 fully saturated rings. The molecule has 0 aliphatic heterocycles. The Morgan fingerprint density at radius 2 is 1.70 bits per heavy atom. The third kappa shape index (κ3) is 4.29. The maximum absolute atomic E-state index is 12.2. The molecule has 2 N–H and O–H groups in total. The molecule has 0 spiro atoms. The molecule has 142 valence electrons. The van der Waals surface area contributed by atoms with Crippen LogP contribution in [0.25, 0.3) is 0 Å². The van der Waals surface area contributed by atoms with Crippen molar-refractivity contribution in [3.8, 4) is 5.75 Å². The Kier molecular flexibility index (Phi) is 5.91. The highest BCUT2D eigenvalue weighted by Gasteiger charge is 2.21. The van der Waals surface area contributed by atoms with Gasteiger partial charge in [0.05, 0.1) is 0 Å². The minimum atomic E-state index is -0.872. The highest BCUT2D eigenvalue weighted by atomic mass is 16.6. The molecule has 0 unspecified atom stereocenters. The van der Waals surface area contributed by atoms with E-state index in [9.17, 15) is 24.0 Å². The average Bonchev–Trinajstić information content (AvgIpc) is 2.68. The van der Waals surface area contributed by atoms with E-state index in [1.54, 1.807) is 0 Å². The summed E-state index contributed by atoms with van der Waals surface area (Å²) >= 11 is 0. The van der Waals surface area contributed by atoms with E-state index in [0.29, 0.717) is 17.6 Å². The third-order valence-corrected chi connectivity index (χ3v) is 3.73. The van der Waals surface area contributed by atoms with Crippen LogP contribution in [0, 0.1) is 0 Å². The van der Waals surface area contributed by atoms with Crippen molar-refractivity contribution in [1.29, 1.82) is 0 Å². The van der Waals surface area contributed by atoms with Crippen molar-refractivity contribution < 1.29 is 23.9 Å². The number of rotatable bonds is 7. The largest absolute Gasteiger partial charge is 0.482 e. The molecule has 2 aromatic rings. The molecular weight excluding hydrogens is 358 g/mol. The second-order valence-electron chi connectivity index (χ2n) is 5.53. The number of hydrogen-bond donors (Lipinski definition) is 1. The quantitative estimate of drug-likeness (QED) is 0.380. The Morgan fingerprint density at radius 3 is 2.30 bits per heavy atom. The summed E-state index contributed by atoms with van der Waals surface area (Å²) in [6, 6.07) is 6.01. The number of benzene rings is 1. The number of aromatic nitrogens is 2. The zero-order valence-corrected chi connectivity index (χ0v) is 14.6. The molecule has 0 saturated carbocycles. The number of nitrogens with zero attached hydrogens (tertiary/aromatic N) is 2. The fraction of sp³-hybridized carbons (Fsp3) is 0.235. The number of ether oxygens (including phenoxy) is 2. The van der Waals surface area contributed by atoms with Gasteiger partial charge in [-0.25, -0.2) is 9.59 Å². The lowest BCUT2D eigenvalue weighted by molar-refractivity contribution is -0.144. The molecule has 1 aromatic heterocycles. The summed E-state index contributed by atoms with van der Waals surface area (Å²) < 4.78 is 11.6. The first-order valence-electron chi connectivity index (χ1n) is 7.68. The van der Waals surface area contributed by atoms with Gasteiger partial charge in [-0.3, -0.25) is 23.5 Å². The first kappa shape index (κ1) is 19.6. The zero-order valence-electron chi connectivity index (χ0n) is 14.6. The van der Waals surface area contributed by atoms with Crippen LogP contribution in [0.3, 0.4) is 0 Å². The van der Waals surface area contributed by atoms with Gasteiger partial charge in [-0.05, 0) is 24.3 Å². The number of nitrogens with two attached hydrogens (primary N) is 1. The number of esters is 1. The van der Waals surface area contributed by atoms with Gasteiger partial charge in [-0.1, -0.05) is 0 Å². The van der Waals surface area contributed by atoms with E-state index in [0.717, 1.165) is 9.13 Å². The lowest BCUT2D eigenvalue weighted by Crippen LogP contribution is -2.42. The Bertz CT molecular complexity index is 1000. The lowest BCUT2D eigenvalue weighted by atomic mass is 10.2. The van der Waals surface area contributed by atoms with Gasteiger partial charge in [0.15, 0.2) is 13.2 Å². The van der Waals surface area contributed by atoms with Gasteiger partial charge in [-0.2, -0.15) is 0 Å². The van der Waals surface area contributed by atoms with E-state index in [1.165, 1.54) is 38.4 Å². The minimum Gasteiger partial charge on any atom is -0.482 e. The highest BCUT2D eigenvalue weighted by Crippen LogP contribution is 2.11. The van der Waals surface area contributed by atoms with Gasteiger partial charge in [0.25, 0.3) is 5.56 Å². The number of carbonyl (C=O) groups excluding carboxylic acids is 3. The van der Waals surface area contributed by atoms with Crippen LogP contribution in [-0.2, 0) is 23.6 Å². The predicted molar refractivity (Wildman–Crippen MR) is 94.0 cm³/mol. The first-order chi connectivity index (χ1) is 12.8. The summed E-state index contributed by atoms with van der Waals surface area (Å²) in [6.45, 7) is -1.21. The molecule has 0 radical (unpaired) electrons. The van der Waals surface area contributed by atoms with Crippen LogP contribution in [0.15, 0.2) is 33.9 Å². The normalized spacial score (nSPS) is 10.3. The van der Waals surface area contributed by atoms with Crippen molar-refractivity contribution >= 4 is 23.9 Å². The minimum absolute atomic E-state index is 0.310. The van der Waals surface area contributed by atoms with E-state index in [2.05, 4.69) is 0 Å². The first-order valence-corrected chi connectivity index (χ1v) is 7.68. The number of Topliss-reactive ketones (excluding diaryl/α,β-unsaturated/α-hetero) is 1. The van der Waals surface area contributed by atoms with Gasteiger partial charge >= 0.3 is 11.7 Å². The SMILES string of the molecule is Cn1c(N)c(C(=O)COC(=O)COc2ccc(C=O)cc2)c(=O)n(C)c1=O. The van der Waals surface area contributed by atoms with Crippen molar-refractivity contribution in [2.24, 2.45) is 14.1 Å². The van der Waals surface area contributed by atoms with Crippen LogP contribution in [-0.4, -0.2) is 40.4 Å². The fourth-order valence-electron chi connectivity index (χ4n) is 2.17. The van der Waals surface area contributed by atoms with Crippen LogP contribution in [0.2, 0.25) is 0 Å². The van der Waals surface area contributed by atoms with Crippen LogP contribution < -0.4 is 21.7 Å². The molecule has 0 bridgehead atoms.